The van der Waals surface area contributed by atoms with Crippen LogP contribution >= 0.6 is 0 Å². The van der Waals surface area contributed by atoms with Gasteiger partial charge in [0.15, 0.2) is 5.82 Å². The van der Waals surface area contributed by atoms with E-state index in [-0.39, 0.29) is 5.91 Å². The molecule has 6 nitrogen and oxygen atoms in total. The molecule has 1 heterocycles. The van der Waals surface area contributed by atoms with Gasteiger partial charge in [0.2, 0.25) is 5.91 Å². The van der Waals surface area contributed by atoms with Gasteiger partial charge in [-0.2, -0.15) is 5.10 Å². The zero-order chi connectivity index (χ0) is 23.8. The second-order valence-corrected chi connectivity index (χ2v) is 7.88. The highest BCUT2D eigenvalue weighted by atomic mass is 16.5. The second-order valence-electron chi connectivity index (χ2n) is 7.88. The molecule has 34 heavy (non-hydrogen) atoms. The van der Waals surface area contributed by atoms with E-state index in [4.69, 9.17) is 9.47 Å². The minimum absolute atomic E-state index is 0.252. The number of benzene rings is 3. The molecular formula is C28H27N3O3. The van der Waals surface area contributed by atoms with Crippen LogP contribution in [0.1, 0.15) is 22.3 Å². The van der Waals surface area contributed by atoms with Crippen LogP contribution < -0.4 is 14.8 Å². The van der Waals surface area contributed by atoms with Gasteiger partial charge in [-0.15, -0.1) is 0 Å². The average Bonchev–Trinajstić information content (AvgIpc) is 3.29. The number of methoxy groups -OCH3 is 1. The molecule has 0 atom stereocenters. The number of ether oxygens (including phenoxy) is 2. The maximum Gasteiger partial charge on any atom is 0.249 e. The lowest BCUT2D eigenvalue weighted by Crippen LogP contribution is -2.09. The number of anilines is 1. The fraction of sp³-hybridized carbons (Fsp3) is 0.143. The predicted molar refractivity (Wildman–Crippen MR) is 134 cm³/mol. The Morgan fingerprint density at radius 1 is 1.03 bits per heavy atom. The van der Waals surface area contributed by atoms with Crippen molar-refractivity contribution in [2.75, 3.05) is 12.4 Å². The monoisotopic (exact) mass is 453 g/mol. The summed E-state index contributed by atoms with van der Waals surface area (Å²) in [5, 5.41) is 7.21. The lowest BCUT2D eigenvalue weighted by molar-refractivity contribution is -0.111. The largest absolute Gasteiger partial charge is 0.496 e. The highest BCUT2D eigenvalue weighted by Crippen LogP contribution is 2.23. The number of rotatable bonds is 9. The zero-order valence-corrected chi connectivity index (χ0v) is 19.3. The van der Waals surface area contributed by atoms with E-state index in [9.17, 15) is 4.79 Å². The Kier molecular flexibility index (Phi) is 7.40. The Morgan fingerprint density at radius 3 is 2.59 bits per heavy atom. The van der Waals surface area contributed by atoms with Crippen LogP contribution in [0, 0.1) is 6.92 Å². The van der Waals surface area contributed by atoms with E-state index in [1.54, 1.807) is 23.9 Å². The minimum Gasteiger partial charge on any atom is -0.496 e. The van der Waals surface area contributed by atoms with Gasteiger partial charge in [-0.05, 0) is 48.4 Å². The van der Waals surface area contributed by atoms with Crippen LogP contribution in [0.25, 0.3) is 6.08 Å². The first-order valence-electron chi connectivity index (χ1n) is 11.0. The molecule has 1 N–H and O–H groups in total. The number of hydrogen-bond acceptors (Lipinski definition) is 4. The topological polar surface area (TPSA) is 65.4 Å². The summed E-state index contributed by atoms with van der Waals surface area (Å²) in [7, 11) is 1.63. The van der Waals surface area contributed by atoms with E-state index in [1.165, 1.54) is 11.6 Å². The normalized spacial score (nSPS) is 10.9. The van der Waals surface area contributed by atoms with Crippen LogP contribution in [0.4, 0.5) is 5.82 Å². The van der Waals surface area contributed by atoms with Gasteiger partial charge in [0, 0.05) is 23.9 Å². The lowest BCUT2D eigenvalue weighted by Gasteiger charge is -2.11. The third-order valence-electron chi connectivity index (χ3n) is 5.23. The third kappa shape index (κ3) is 6.36. The van der Waals surface area contributed by atoms with Crippen molar-refractivity contribution in [3.05, 3.63) is 113 Å². The van der Waals surface area contributed by atoms with Crippen LogP contribution in [-0.2, 0) is 17.9 Å². The average molecular weight is 454 g/mol. The molecule has 1 aromatic heterocycles. The second kappa shape index (κ2) is 11.0. The van der Waals surface area contributed by atoms with Crippen molar-refractivity contribution in [2.24, 2.45) is 0 Å². The summed E-state index contributed by atoms with van der Waals surface area (Å²) in [4.78, 5) is 12.4. The van der Waals surface area contributed by atoms with Gasteiger partial charge >= 0.3 is 0 Å². The molecule has 4 aromatic rings. The van der Waals surface area contributed by atoms with Crippen molar-refractivity contribution >= 4 is 17.8 Å². The first-order valence-corrected chi connectivity index (χ1v) is 11.0. The first kappa shape index (κ1) is 22.9. The number of aryl methyl sites for hydroxylation is 1. The van der Waals surface area contributed by atoms with Crippen molar-refractivity contribution < 1.29 is 14.3 Å². The Bertz CT molecular complexity index is 1260. The van der Waals surface area contributed by atoms with Crippen LogP contribution in [0.3, 0.4) is 0 Å². The van der Waals surface area contributed by atoms with E-state index in [0.717, 1.165) is 28.2 Å². The maximum atomic E-state index is 12.4. The summed E-state index contributed by atoms with van der Waals surface area (Å²) in [6.07, 6.45) is 5.09. The molecule has 0 aliphatic heterocycles. The Balaban J connectivity index is 1.36. The maximum absolute atomic E-state index is 12.4. The number of carbonyl (C=O) groups excluding carboxylic acids is 1. The Labute approximate surface area is 199 Å². The van der Waals surface area contributed by atoms with Gasteiger partial charge in [0.05, 0.1) is 13.7 Å². The molecular weight excluding hydrogens is 426 g/mol. The number of aromatic nitrogens is 2. The van der Waals surface area contributed by atoms with E-state index in [1.807, 2.05) is 85.9 Å². The van der Waals surface area contributed by atoms with Crippen LogP contribution in [0.2, 0.25) is 0 Å². The van der Waals surface area contributed by atoms with Gasteiger partial charge in [0.25, 0.3) is 0 Å². The van der Waals surface area contributed by atoms with Crippen molar-refractivity contribution in [2.45, 2.75) is 20.1 Å². The standard InChI is InChI=1S/C28H27N3O3/c1-21-8-12-25(13-9-21)34-20-24-18-22(10-14-26(24)33-2)11-15-28(32)29-27-16-17-31(30-27)19-23-6-4-3-5-7-23/h3-18H,19-20H2,1-2H3,(H,29,30,32)/b15-11+. The van der Waals surface area contributed by atoms with Crippen molar-refractivity contribution in [1.82, 2.24) is 9.78 Å². The summed E-state index contributed by atoms with van der Waals surface area (Å²) < 4.78 is 13.2. The summed E-state index contributed by atoms with van der Waals surface area (Å²) >= 11 is 0. The van der Waals surface area contributed by atoms with E-state index < -0.39 is 0 Å². The fourth-order valence-corrected chi connectivity index (χ4v) is 3.44. The van der Waals surface area contributed by atoms with E-state index >= 15 is 0 Å². The van der Waals surface area contributed by atoms with Crippen molar-refractivity contribution in [3.8, 4) is 11.5 Å². The molecule has 3 aromatic carbocycles. The van der Waals surface area contributed by atoms with Crippen molar-refractivity contribution in [1.29, 1.82) is 0 Å². The van der Waals surface area contributed by atoms with Crippen LogP contribution in [0.15, 0.2) is 91.1 Å². The minimum atomic E-state index is -0.252. The molecule has 1 amide bonds. The lowest BCUT2D eigenvalue weighted by atomic mass is 10.1. The zero-order valence-electron chi connectivity index (χ0n) is 19.3. The van der Waals surface area contributed by atoms with Gasteiger partial charge < -0.3 is 14.8 Å². The molecule has 0 radical (unpaired) electrons. The number of carbonyl (C=O) groups is 1. The molecule has 0 spiro atoms. The number of amides is 1. The summed E-state index contributed by atoms with van der Waals surface area (Å²) in [5.74, 6) is 1.78. The molecule has 0 aliphatic carbocycles. The number of nitrogens with one attached hydrogen (secondary N) is 1. The summed E-state index contributed by atoms with van der Waals surface area (Å²) in [6.45, 7) is 3.04. The fourth-order valence-electron chi connectivity index (χ4n) is 3.44. The quantitative estimate of drug-likeness (QED) is 0.341. The van der Waals surface area contributed by atoms with E-state index in [0.29, 0.717) is 19.0 Å². The SMILES string of the molecule is COc1ccc(/C=C/C(=O)Nc2ccn(Cc3ccccc3)n2)cc1COc1ccc(C)cc1. The molecule has 4 rings (SSSR count). The molecule has 0 saturated heterocycles. The molecule has 0 aliphatic rings. The molecule has 6 heteroatoms. The highest BCUT2D eigenvalue weighted by Gasteiger charge is 2.07. The summed E-state index contributed by atoms with van der Waals surface area (Å²) in [6, 6.07) is 25.4. The Morgan fingerprint density at radius 2 is 1.82 bits per heavy atom. The van der Waals surface area contributed by atoms with Crippen LogP contribution in [-0.4, -0.2) is 22.8 Å². The van der Waals surface area contributed by atoms with Gasteiger partial charge in [0.1, 0.15) is 18.1 Å². The molecule has 0 saturated carbocycles. The number of hydrogen-bond donors (Lipinski definition) is 1. The Hall–Kier alpha value is -4.32. The predicted octanol–water partition coefficient (Wildman–Crippen LogP) is 5.48. The van der Waals surface area contributed by atoms with Gasteiger partial charge in [-0.25, -0.2) is 0 Å². The summed E-state index contributed by atoms with van der Waals surface area (Å²) in [5.41, 5.74) is 4.08. The molecule has 172 valence electrons. The molecule has 0 bridgehead atoms. The van der Waals surface area contributed by atoms with Gasteiger partial charge in [-0.3, -0.25) is 9.48 Å². The molecule has 0 unspecified atom stereocenters. The van der Waals surface area contributed by atoms with E-state index in [2.05, 4.69) is 10.4 Å². The first-order chi connectivity index (χ1) is 16.6. The molecule has 0 fully saturated rings. The highest BCUT2D eigenvalue weighted by molar-refractivity contribution is 6.01. The smallest absolute Gasteiger partial charge is 0.249 e. The van der Waals surface area contributed by atoms with Crippen LogP contribution in [0.5, 0.6) is 11.5 Å². The third-order valence-corrected chi connectivity index (χ3v) is 5.23. The van der Waals surface area contributed by atoms with Crippen molar-refractivity contribution in [3.63, 3.8) is 0 Å². The van der Waals surface area contributed by atoms with Gasteiger partial charge in [-0.1, -0.05) is 54.1 Å². The number of nitrogens with zero attached hydrogens (tertiary/aromatic N) is 2.